The lowest BCUT2D eigenvalue weighted by atomic mass is 10.2. The zero-order valence-electron chi connectivity index (χ0n) is 13.9. The molecule has 0 aliphatic rings. The van der Waals surface area contributed by atoms with Crippen LogP contribution in [0.15, 0.2) is 77.8 Å². The Labute approximate surface area is 162 Å². The summed E-state index contributed by atoms with van der Waals surface area (Å²) in [7, 11) is 0. The number of aromatic nitrogens is 4. The number of carbonyl (C=O) groups excluding carboxylic acids is 1. The Morgan fingerprint density at radius 1 is 1.04 bits per heavy atom. The number of halogens is 2. The number of nitrogens with zero attached hydrogens (tertiary/aromatic N) is 4. The van der Waals surface area contributed by atoms with E-state index >= 15 is 0 Å². The number of hydrogen-bond donors (Lipinski definition) is 1. The minimum Gasteiger partial charge on any atom is -0.308 e. The molecule has 27 heavy (non-hydrogen) atoms. The number of hydrogen-bond acceptors (Lipinski definition) is 3. The molecule has 134 valence electrons. The first-order chi connectivity index (χ1) is 13.1. The molecule has 8 heteroatoms. The second-order valence-corrected chi connectivity index (χ2v) is 6.57. The van der Waals surface area contributed by atoms with E-state index in [1.54, 1.807) is 53.5 Å². The van der Waals surface area contributed by atoms with E-state index in [1.165, 1.54) is 16.9 Å². The van der Waals surface area contributed by atoms with Gasteiger partial charge in [-0.05, 0) is 52.3 Å². The van der Waals surface area contributed by atoms with E-state index in [9.17, 15) is 9.18 Å². The van der Waals surface area contributed by atoms with Gasteiger partial charge in [-0.3, -0.25) is 4.79 Å². The monoisotopic (exact) mass is 425 g/mol. The third kappa shape index (κ3) is 3.39. The van der Waals surface area contributed by atoms with Gasteiger partial charge in [0.1, 0.15) is 22.9 Å². The maximum atomic E-state index is 14.3. The highest BCUT2D eigenvalue weighted by Gasteiger charge is 2.21. The third-order valence-electron chi connectivity index (χ3n) is 3.89. The second-order valence-electron chi connectivity index (χ2n) is 5.65. The molecular formula is C19H13BrFN5O. The van der Waals surface area contributed by atoms with Crippen LogP contribution in [0.5, 0.6) is 0 Å². The summed E-state index contributed by atoms with van der Waals surface area (Å²) in [6, 6.07) is 13.4. The van der Waals surface area contributed by atoms with Crippen LogP contribution in [0.4, 0.5) is 10.2 Å². The first kappa shape index (κ1) is 17.2. The molecule has 0 saturated carbocycles. The normalized spacial score (nSPS) is 10.7. The van der Waals surface area contributed by atoms with Gasteiger partial charge in [0.2, 0.25) is 0 Å². The van der Waals surface area contributed by atoms with Gasteiger partial charge in [0, 0.05) is 23.1 Å². The van der Waals surface area contributed by atoms with Gasteiger partial charge in [0.15, 0.2) is 5.82 Å². The largest absolute Gasteiger partial charge is 0.308 e. The van der Waals surface area contributed by atoms with Crippen LogP contribution in [0.25, 0.3) is 11.5 Å². The molecule has 0 bridgehead atoms. The Hall–Kier alpha value is -3.26. The first-order valence-electron chi connectivity index (χ1n) is 8.02. The van der Waals surface area contributed by atoms with Crippen LogP contribution in [0, 0.1) is 5.82 Å². The van der Waals surface area contributed by atoms with Gasteiger partial charge in [0.05, 0.1) is 6.20 Å². The van der Waals surface area contributed by atoms with E-state index in [-0.39, 0.29) is 5.69 Å². The molecule has 0 unspecified atom stereocenters. The molecule has 3 heterocycles. The molecule has 0 aliphatic heterocycles. The number of amides is 1. The van der Waals surface area contributed by atoms with Gasteiger partial charge in [0.25, 0.3) is 5.91 Å². The molecule has 4 aromatic rings. The second kappa shape index (κ2) is 7.16. The molecule has 0 radical (unpaired) electrons. The summed E-state index contributed by atoms with van der Waals surface area (Å²) >= 11 is 3.30. The van der Waals surface area contributed by atoms with Crippen molar-refractivity contribution in [2.24, 2.45) is 0 Å². The number of anilines is 1. The molecule has 1 aromatic carbocycles. The van der Waals surface area contributed by atoms with Crippen LogP contribution in [0.1, 0.15) is 10.4 Å². The van der Waals surface area contributed by atoms with Crippen molar-refractivity contribution in [1.29, 1.82) is 0 Å². The van der Waals surface area contributed by atoms with Gasteiger partial charge in [-0.15, -0.1) is 0 Å². The Bertz CT molecular complexity index is 1090. The summed E-state index contributed by atoms with van der Waals surface area (Å²) in [6.07, 6.45) is 6.53. The van der Waals surface area contributed by atoms with Crippen molar-refractivity contribution in [2.45, 2.75) is 0 Å². The standard InChI is InChI=1S/C19H13BrFN5O/c20-13-7-8-17(22-11-13)24-18(27)14-12-23-26(16-6-2-1-5-15(16)21)19(14)25-9-3-4-10-25/h1-12H,(H,22,24,27). The lowest BCUT2D eigenvalue weighted by Crippen LogP contribution is -2.16. The van der Waals surface area contributed by atoms with Crippen LogP contribution < -0.4 is 5.32 Å². The molecule has 0 spiro atoms. The van der Waals surface area contributed by atoms with Gasteiger partial charge >= 0.3 is 0 Å². The minimum atomic E-state index is -0.435. The molecule has 3 aromatic heterocycles. The summed E-state index contributed by atoms with van der Waals surface area (Å²) in [5.41, 5.74) is 0.543. The van der Waals surface area contributed by atoms with Crippen molar-refractivity contribution >= 4 is 27.7 Å². The van der Waals surface area contributed by atoms with Crippen molar-refractivity contribution < 1.29 is 9.18 Å². The molecule has 0 fully saturated rings. The Balaban J connectivity index is 1.78. The zero-order chi connectivity index (χ0) is 18.8. The summed E-state index contributed by atoms with van der Waals surface area (Å²) in [6.45, 7) is 0. The van der Waals surface area contributed by atoms with Crippen LogP contribution in [0.3, 0.4) is 0 Å². The van der Waals surface area contributed by atoms with Crippen molar-refractivity contribution in [1.82, 2.24) is 19.3 Å². The zero-order valence-corrected chi connectivity index (χ0v) is 15.5. The highest BCUT2D eigenvalue weighted by atomic mass is 79.9. The number of pyridine rings is 1. The highest BCUT2D eigenvalue weighted by Crippen LogP contribution is 2.22. The van der Waals surface area contributed by atoms with Crippen molar-refractivity contribution in [3.8, 4) is 11.5 Å². The number of rotatable bonds is 4. The fourth-order valence-electron chi connectivity index (χ4n) is 2.66. The van der Waals surface area contributed by atoms with Gasteiger partial charge in [-0.2, -0.15) is 5.10 Å². The molecule has 4 rings (SSSR count). The maximum Gasteiger partial charge on any atom is 0.262 e. The predicted octanol–water partition coefficient (Wildman–Crippen LogP) is 4.21. The van der Waals surface area contributed by atoms with Gasteiger partial charge in [-0.25, -0.2) is 14.1 Å². The smallest absolute Gasteiger partial charge is 0.262 e. The van der Waals surface area contributed by atoms with E-state index in [0.717, 1.165) is 4.47 Å². The van der Waals surface area contributed by atoms with E-state index < -0.39 is 11.7 Å². The Morgan fingerprint density at radius 3 is 2.52 bits per heavy atom. The maximum absolute atomic E-state index is 14.3. The molecule has 1 amide bonds. The number of para-hydroxylation sites is 1. The van der Waals surface area contributed by atoms with E-state index in [1.807, 2.05) is 12.1 Å². The molecule has 6 nitrogen and oxygen atoms in total. The molecular weight excluding hydrogens is 413 g/mol. The van der Waals surface area contributed by atoms with Gasteiger partial charge < -0.3 is 9.88 Å². The topological polar surface area (TPSA) is 64.7 Å². The fraction of sp³-hybridized carbons (Fsp3) is 0. The highest BCUT2D eigenvalue weighted by molar-refractivity contribution is 9.10. The Morgan fingerprint density at radius 2 is 1.81 bits per heavy atom. The minimum absolute atomic E-state index is 0.252. The van der Waals surface area contributed by atoms with Crippen molar-refractivity contribution in [2.75, 3.05) is 5.32 Å². The predicted molar refractivity (Wildman–Crippen MR) is 103 cm³/mol. The lowest BCUT2D eigenvalue weighted by molar-refractivity contribution is 0.102. The molecule has 0 saturated heterocycles. The Kier molecular flexibility index (Phi) is 4.55. The van der Waals surface area contributed by atoms with E-state index in [2.05, 4.69) is 31.3 Å². The molecule has 0 aliphatic carbocycles. The van der Waals surface area contributed by atoms with Crippen molar-refractivity contribution in [3.05, 3.63) is 89.2 Å². The average molecular weight is 426 g/mol. The van der Waals surface area contributed by atoms with Crippen LogP contribution in [-0.2, 0) is 0 Å². The number of nitrogens with one attached hydrogen (secondary N) is 1. The van der Waals surface area contributed by atoms with E-state index in [4.69, 9.17) is 0 Å². The molecule has 1 N–H and O–H groups in total. The van der Waals surface area contributed by atoms with Crippen LogP contribution in [-0.4, -0.2) is 25.2 Å². The third-order valence-corrected chi connectivity index (χ3v) is 4.36. The van der Waals surface area contributed by atoms with Gasteiger partial charge in [-0.1, -0.05) is 12.1 Å². The summed E-state index contributed by atoms with van der Waals surface area (Å²) < 4.78 is 18.2. The average Bonchev–Trinajstić information content (AvgIpc) is 3.33. The molecule has 0 atom stereocenters. The quantitative estimate of drug-likeness (QED) is 0.532. The SMILES string of the molecule is O=C(Nc1ccc(Br)cn1)c1cnn(-c2ccccc2F)c1-n1cccc1. The summed E-state index contributed by atoms with van der Waals surface area (Å²) in [4.78, 5) is 17.0. The van der Waals surface area contributed by atoms with Crippen molar-refractivity contribution in [3.63, 3.8) is 0 Å². The lowest BCUT2D eigenvalue weighted by Gasteiger charge is -2.11. The summed E-state index contributed by atoms with van der Waals surface area (Å²) in [5, 5.41) is 6.98. The van der Waals surface area contributed by atoms with Crippen LogP contribution in [0.2, 0.25) is 0 Å². The summed E-state index contributed by atoms with van der Waals surface area (Å²) in [5.74, 6) is 0.00617. The number of carbonyl (C=O) groups is 1. The number of benzene rings is 1. The van der Waals surface area contributed by atoms with Crippen LogP contribution >= 0.6 is 15.9 Å². The first-order valence-corrected chi connectivity index (χ1v) is 8.82. The van der Waals surface area contributed by atoms with E-state index in [0.29, 0.717) is 17.2 Å². The fourth-order valence-corrected chi connectivity index (χ4v) is 2.89.